The van der Waals surface area contributed by atoms with E-state index in [1.165, 1.54) is 16.7 Å². The van der Waals surface area contributed by atoms with Crippen LogP contribution in [-0.4, -0.2) is 0 Å². The van der Waals surface area contributed by atoms with E-state index < -0.39 is 0 Å². The lowest BCUT2D eigenvalue weighted by atomic mass is 9.81. The Bertz CT molecular complexity index is 1210. The Morgan fingerprint density at radius 1 is 0.562 bits per heavy atom. The molecule has 2 nitrogen and oxygen atoms in total. The van der Waals surface area contributed by atoms with Crippen LogP contribution in [0.15, 0.2) is 133 Å². The van der Waals surface area contributed by atoms with Gasteiger partial charge in [-0.1, -0.05) is 97.1 Å². The number of rotatable bonds is 6. The molecule has 1 atom stereocenters. The number of hydrogen-bond donors (Lipinski definition) is 2. The monoisotopic (exact) mass is 414 g/mol. The van der Waals surface area contributed by atoms with Gasteiger partial charge in [0.15, 0.2) is 0 Å². The Morgan fingerprint density at radius 3 is 1.72 bits per heavy atom. The second-order valence-electron chi connectivity index (χ2n) is 8.09. The van der Waals surface area contributed by atoms with E-state index in [0.29, 0.717) is 0 Å². The highest BCUT2D eigenvalue weighted by Gasteiger charge is 2.30. The summed E-state index contributed by atoms with van der Waals surface area (Å²) in [5.74, 6) is 0. The lowest BCUT2D eigenvalue weighted by Crippen LogP contribution is -2.34. The standard InChI is InChI=1S/C30H26N2/c1-4-10-26(11-5-1)30(32-29-14-8-3-9-15-29)22-20-25(21-23-30)24-16-18-28(19-17-24)31-27-12-6-2-7-13-27/h1-22,31-32H,23H2. The van der Waals surface area contributed by atoms with E-state index in [1.54, 1.807) is 0 Å². The first-order valence-corrected chi connectivity index (χ1v) is 11.0. The lowest BCUT2D eigenvalue weighted by Gasteiger charge is -2.35. The van der Waals surface area contributed by atoms with Crippen molar-refractivity contribution in [3.05, 3.63) is 145 Å². The van der Waals surface area contributed by atoms with Gasteiger partial charge in [0.25, 0.3) is 0 Å². The number of hydrogen-bond acceptors (Lipinski definition) is 2. The van der Waals surface area contributed by atoms with Gasteiger partial charge in [0.1, 0.15) is 0 Å². The molecule has 0 heterocycles. The van der Waals surface area contributed by atoms with Crippen molar-refractivity contribution in [1.82, 2.24) is 0 Å². The number of nitrogens with one attached hydrogen (secondary N) is 2. The fraction of sp³-hybridized carbons (Fsp3) is 0.0667. The number of benzene rings is 4. The molecule has 4 aromatic rings. The fourth-order valence-corrected chi connectivity index (χ4v) is 4.18. The predicted molar refractivity (Wildman–Crippen MR) is 136 cm³/mol. The second kappa shape index (κ2) is 8.99. The van der Waals surface area contributed by atoms with Gasteiger partial charge in [0, 0.05) is 17.1 Å². The van der Waals surface area contributed by atoms with Crippen LogP contribution >= 0.6 is 0 Å². The minimum absolute atomic E-state index is 0.263. The Labute approximate surface area is 190 Å². The van der Waals surface area contributed by atoms with E-state index >= 15 is 0 Å². The van der Waals surface area contributed by atoms with E-state index in [2.05, 4.69) is 120 Å². The smallest absolute Gasteiger partial charge is 0.0847 e. The Morgan fingerprint density at radius 2 is 1.12 bits per heavy atom. The van der Waals surface area contributed by atoms with Gasteiger partial charge in [-0.3, -0.25) is 0 Å². The summed E-state index contributed by atoms with van der Waals surface area (Å²) in [6.45, 7) is 0. The Kier molecular flexibility index (Phi) is 5.59. The molecule has 5 rings (SSSR count). The van der Waals surface area contributed by atoms with Gasteiger partial charge >= 0.3 is 0 Å². The minimum Gasteiger partial charge on any atom is -0.372 e. The van der Waals surface area contributed by atoms with Crippen LogP contribution in [0.2, 0.25) is 0 Å². The molecule has 1 aliphatic carbocycles. The van der Waals surface area contributed by atoms with Crippen molar-refractivity contribution >= 4 is 22.6 Å². The van der Waals surface area contributed by atoms with Crippen LogP contribution < -0.4 is 10.6 Å². The molecule has 1 aliphatic rings. The van der Waals surface area contributed by atoms with Crippen molar-refractivity contribution in [3.8, 4) is 0 Å². The molecule has 0 saturated heterocycles. The third-order valence-corrected chi connectivity index (χ3v) is 5.90. The molecule has 0 amide bonds. The molecule has 32 heavy (non-hydrogen) atoms. The lowest BCUT2D eigenvalue weighted by molar-refractivity contribution is 0.620. The van der Waals surface area contributed by atoms with Crippen molar-refractivity contribution in [3.63, 3.8) is 0 Å². The average molecular weight is 415 g/mol. The maximum Gasteiger partial charge on any atom is 0.0847 e. The molecule has 0 bridgehead atoms. The van der Waals surface area contributed by atoms with E-state index in [4.69, 9.17) is 0 Å². The molecular formula is C30H26N2. The molecule has 0 aromatic heterocycles. The number of allylic oxidation sites excluding steroid dienone is 2. The van der Waals surface area contributed by atoms with E-state index in [-0.39, 0.29) is 5.54 Å². The van der Waals surface area contributed by atoms with Gasteiger partial charge in [-0.2, -0.15) is 0 Å². The highest BCUT2D eigenvalue weighted by atomic mass is 15.0. The van der Waals surface area contributed by atoms with Gasteiger partial charge in [-0.25, -0.2) is 0 Å². The molecule has 0 spiro atoms. The van der Waals surface area contributed by atoms with Crippen LogP contribution in [0.25, 0.3) is 5.57 Å². The van der Waals surface area contributed by atoms with E-state index in [0.717, 1.165) is 23.5 Å². The number of anilines is 3. The third kappa shape index (κ3) is 4.35. The molecule has 4 aromatic carbocycles. The highest BCUT2D eigenvalue weighted by Crippen LogP contribution is 2.37. The second-order valence-corrected chi connectivity index (χ2v) is 8.09. The first kappa shape index (κ1) is 19.9. The average Bonchev–Trinajstić information content (AvgIpc) is 2.87. The van der Waals surface area contributed by atoms with Gasteiger partial charge in [-0.05, 0) is 59.5 Å². The molecule has 0 aliphatic heterocycles. The van der Waals surface area contributed by atoms with E-state index in [1.807, 2.05) is 24.3 Å². The fourth-order valence-electron chi connectivity index (χ4n) is 4.18. The van der Waals surface area contributed by atoms with Crippen LogP contribution in [0.1, 0.15) is 17.5 Å². The zero-order valence-corrected chi connectivity index (χ0v) is 17.9. The molecule has 2 heteroatoms. The summed E-state index contributed by atoms with van der Waals surface area (Å²) in [6.07, 6.45) is 7.76. The largest absolute Gasteiger partial charge is 0.372 e. The molecule has 0 saturated carbocycles. The van der Waals surface area contributed by atoms with Gasteiger partial charge in [0.2, 0.25) is 0 Å². The van der Waals surface area contributed by atoms with Crippen LogP contribution in [-0.2, 0) is 5.54 Å². The maximum atomic E-state index is 3.78. The Balaban J connectivity index is 1.37. The summed E-state index contributed by atoms with van der Waals surface area (Å²) in [6, 6.07) is 40.0. The molecule has 0 fully saturated rings. The van der Waals surface area contributed by atoms with Crippen LogP contribution in [0.3, 0.4) is 0 Å². The minimum atomic E-state index is -0.263. The molecule has 2 N–H and O–H groups in total. The maximum absolute atomic E-state index is 3.78. The summed E-state index contributed by atoms with van der Waals surface area (Å²) >= 11 is 0. The molecule has 1 unspecified atom stereocenters. The zero-order valence-electron chi connectivity index (χ0n) is 17.9. The molecule has 156 valence electrons. The quantitative estimate of drug-likeness (QED) is 0.336. The van der Waals surface area contributed by atoms with Crippen molar-refractivity contribution in [2.24, 2.45) is 0 Å². The summed E-state index contributed by atoms with van der Waals surface area (Å²) in [7, 11) is 0. The predicted octanol–water partition coefficient (Wildman–Crippen LogP) is 7.78. The first-order valence-electron chi connectivity index (χ1n) is 11.0. The van der Waals surface area contributed by atoms with E-state index in [9.17, 15) is 0 Å². The summed E-state index contributed by atoms with van der Waals surface area (Å²) in [5.41, 5.74) is 6.77. The van der Waals surface area contributed by atoms with Crippen LogP contribution in [0.4, 0.5) is 17.1 Å². The van der Waals surface area contributed by atoms with Crippen molar-refractivity contribution < 1.29 is 0 Å². The third-order valence-electron chi connectivity index (χ3n) is 5.90. The first-order chi connectivity index (χ1) is 15.8. The number of para-hydroxylation sites is 2. The normalized spacial score (nSPS) is 17.4. The topological polar surface area (TPSA) is 24.1 Å². The SMILES string of the molecule is C1=CC(Nc2ccccc2)(c2ccccc2)CC=C1c1ccc(Nc2ccccc2)cc1. The summed E-state index contributed by atoms with van der Waals surface area (Å²) < 4.78 is 0. The van der Waals surface area contributed by atoms with Gasteiger partial charge < -0.3 is 10.6 Å². The van der Waals surface area contributed by atoms with Crippen molar-refractivity contribution in [2.45, 2.75) is 12.0 Å². The highest BCUT2D eigenvalue weighted by molar-refractivity contribution is 5.77. The molecular weight excluding hydrogens is 388 g/mol. The summed E-state index contributed by atoms with van der Waals surface area (Å²) in [4.78, 5) is 0. The van der Waals surface area contributed by atoms with Crippen LogP contribution in [0.5, 0.6) is 0 Å². The zero-order chi connectivity index (χ0) is 21.6. The van der Waals surface area contributed by atoms with Gasteiger partial charge in [-0.15, -0.1) is 0 Å². The van der Waals surface area contributed by atoms with Crippen molar-refractivity contribution in [1.29, 1.82) is 0 Å². The Hall–Kier alpha value is -4.04. The summed E-state index contributed by atoms with van der Waals surface area (Å²) in [5, 5.41) is 7.23. The van der Waals surface area contributed by atoms with Gasteiger partial charge in [0.05, 0.1) is 5.54 Å². The van der Waals surface area contributed by atoms with Crippen LogP contribution in [0, 0.1) is 0 Å². The van der Waals surface area contributed by atoms with Crippen molar-refractivity contribution in [2.75, 3.05) is 10.6 Å². The molecule has 0 radical (unpaired) electrons.